The smallest absolute Gasteiger partial charge is 0.203 e. The van der Waals surface area contributed by atoms with Gasteiger partial charge in [-0.2, -0.15) is 0 Å². The number of phenols is 1. The van der Waals surface area contributed by atoms with Crippen LogP contribution in [0.4, 0.5) is 0 Å². The van der Waals surface area contributed by atoms with E-state index in [1.165, 1.54) is 27.4 Å². The van der Waals surface area contributed by atoms with Gasteiger partial charge in [-0.3, -0.25) is 0 Å². The van der Waals surface area contributed by atoms with E-state index in [2.05, 4.69) is 5.92 Å². The lowest BCUT2D eigenvalue weighted by Crippen LogP contribution is -1.98. The Morgan fingerprint density at radius 3 is 1.91 bits per heavy atom. The molecule has 120 valence electrons. The molecule has 0 amide bonds. The second-order valence-electron chi connectivity index (χ2n) is 4.57. The second kappa shape index (κ2) is 6.84. The first-order valence-corrected chi connectivity index (χ1v) is 6.78. The summed E-state index contributed by atoms with van der Waals surface area (Å²) in [5.74, 6) is 4.26. The van der Waals surface area contributed by atoms with Crippen LogP contribution in [-0.4, -0.2) is 33.5 Å². The lowest BCUT2D eigenvalue weighted by atomic mass is 9.97. The predicted octanol–water partition coefficient (Wildman–Crippen LogP) is 3.07. The van der Waals surface area contributed by atoms with E-state index in [1.54, 1.807) is 19.2 Å². The Bertz CT molecular complexity index is 759. The molecular weight excluding hydrogens is 296 g/mol. The first-order chi connectivity index (χ1) is 11.1. The maximum atomic E-state index is 9.91. The van der Waals surface area contributed by atoms with E-state index in [4.69, 9.17) is 25.4 Å². The minimum atomic E-state index is -0.0244. The lowest BCUT2D eigenvalue weighted by Gasteiger charge is -2.18. The number of hydrogen-bond acceptors (Lipinski definition) is 5. The molecule has 0 heterocycles. The molecule has 0 aromatic heterocycles. The van der Waals surface area contributed by atoms with Gasteiger partial charge >= 0.3 is 0 Å². The Balaban J connectivity index is 2.80. The van der Waals surface area contributed by atoms with Gasteiger partial charge in [0.2, 0.25) is 5.75 Å². The van der Waals surface area contributed by atoms with Crippen LogP contribution < -0.4 is 18.9 Å². The third-order valence-corrected chi connectivity index (χ3v) is 3.48. The highest BCUT2D eigenvalue weighted by Gasteiger charge is 2.21. The summed E-state index contributed by atoms with van der Waals surface area (Å²) in [4.78, 5) is 0. The Kier molecular flexibility index (Phi) is 4.87. The molecule has 0 fully saturated rings. The minimum absolute atomic E-state index is 0.0244. The van der Waals surface area contributed by atoms with E-state index in [9.17, 15) is 5.11 Å². The molecule has 0 aliphatic heterocycles. The first-order valence-electron chi connectivity index (χ1n) is 6.78. The number of ether oxygens (including phenoxy) is 4. The van der Waals surface area contributed by atoms with E-state index in [-0.39, 0.29) is 11.5 Å². The predicted molar refractivity (Wildman–Crippen MR) is 87.7 cm³/mol. The van der Waals surface area contributed by atoms with Crippen LogP contribution in [0.1, 0.15) is 5.56 Å². The van der Waals surface area contributed by atoms with Crippen LogP contribution in [0.25, 0.3) is 11.1 Å². The molecule has 0 aliphatic rings. The van der Waals surface area contributed by atoms with E-state index in [0.29, 0.717) is 33.9 Å². The fourth-order valence-electron chi connectivity index (χ4n) is 2.46. The zero-order chi connectivity index (χ0) is 17.0. The molecule has 0 aliphatic carbocycles. The van der Waals surface area contributed by atoms with Crippen molar-refractivity contribution >= 4 is 0 Å². The third kappa shape index (κ3) is 2.71. The van der Waals surface area contributed by atoms with Crippen LogP contribution in [0.5, 0.6) is 28.7 Å². The van der Waals surface area contributed by atoms with Crippen LogP contribution in [0.2, 0.25) is 0 Å². The molecular formula is C18H18O5. The monoisotopic (exact) mass is 314 g/mol. The van der Waals surface area contributed by atoms with Crippen molar-refractivity contribution in [3.05, 3.63) is 29.8 Å². The number of benzene rings is 2. The fourth-order valence-corrected chi connectivity index (χ4v) is 2.46. The Hall–Kier alpha value is -3.00. The summed E-state index contributed by atoms with van der Waals surface area (Å²) in [5, 5.41) is 9.91. The van der Waals surface area contributed by atoms with Crippen molar-refractivity contribution in [1.29, 1.82) is 0 Å². The SMILES string of the molecule is C#Cc1c(-c2ccc(OC)c(OC)c2OC)ccc(O)c1OC. The molecule has 1 N–H and O–H groups in total. The molecule has 5 nitrogen and oxygen atoms in total. The number of hydrogen-bond donors (Lipinski definition) is 1. The third-order valence-electron chi connectivity index (χ3n) is 3.48. The van der Waals surface area contributed by atoms with Crippen molar-refractivity contribution in [3.63, 3.8) is 0 Å². The van der Waals surface area contributed by atoms with Crippen molar-refractivity contribution in [3.8, 4) is 52.2 Å². The van der Waals surface area contributed by atoms with Crippen LogP contribution in [-0.2, 0) is 0 Å². The van der Waals surface area contributed by atoms with E-state index in [1.807, 2.05) is 6.07 Å². The fraction of sp³-hybridized carbons (Fsp3) is 0.222. The van der Waals surface area contributed by atoms with Gasteiger partial charge < -0.3 is 24.1 Å². The maximum Gasteiger partial charge on any atom is 0.203 e. The number of rotatable bonds is 5. The van der Waals surface area contributed by atoms with Crippen molar-refractivity contribution in [1.82, 2.24) is 0 Å². The van der Waals surface area contributed by atoms with E-state index in [0.717, 1.165) is 0 Å². The van der Waals surface area contributed by atoms with Gasteiger partial charge in [0, 0.05) is 11.1 Å². The average molecular weight is 314 g/mol. The summed E-state index contributed by atoms with van der Waals surface area (Å²) in [6.45, 7) is 0. The summed E-state index contributed by atoms with van der Waals surface area (Å²) >= 11 is 0. The van der Waals surface area contributed by atoms with Crippen LogP contribution in [0.3, 0.4) is 0 Å². The average Bonchev–Trinajstić information content (AvgIpc) is 2.59. The van der Waals surface area contributed by atoms with Crippen molar-refractivity contribution in [2.75, 3.05) is 28.4 Å². The van der Waals surface area contributed by atoms with Crippen LogP contribution >= 0.6 is 0 Å². The summed E-state index contributed by atoms with van der Waals surface area (Å²) in [7, 11) is 6.07. The molecule has 0 saturated carbocycles. The summed E-state index contributed by atoms with van der Waals surface area (Å²) < 4.78 is 21.4. The highest BCUT2D eigenvalue weighted by atomic mass is 16.5. The van der Waals surface area contributed by atoms with Crippen molar-refractivity contribution < 1.29 is 24.1 Å². The van der Waals surface area contributed by atoms with Crippen molar-refractivity contribution in [2.45, 2.75) is 0 Å². The molecule has 23 heavy (non-hydrogen) atoms. The summed E-state index contributed by atoms with van der Waals surface area (Å²) in [5.41, 5.74) is 1.81. The van der Waals surface area contributed by atoms with Gasteiger partial charge in [-0.1, -0.05) is 5.92 Å². The molecule has 0 unspecified atom stereocenters. The van der Waals surface area contributed by atoms with Gasteiger partial charge in [-0.05, 0) is 24.3 Å². The van der Waals surface area contributed by atoms with Crippen LogP contribution in [0.15, 0.2) is 24.3 Å². The Morgan fingerprint density at radius 2 is 1.39 bits per heavy atom. The number of aromatic hydroxyl groups is 1. The molecule has 5 heteroatoms. The number of methoxy groups -OCH3 is 4. The van der Waals surface area contributed by atoms with Gasteiger partial charge in [0.05, 0.1) is 34.0 Å². The molecule has 0 spiro atoms. The lowest BCUT2D eigenvalue weighted by molar-refractivity contribution is 0.325. The minimum Gasteiger partial charge on any atom is -0.504 e. The topological polar surface area (TPSA) is 57.2 Å². The van der Waals surface area contributed by atoms with Crippen LogP contribution in [0, 0.1) is 12.3 Å². The second-order valence-corrected chi connectivity index (χ2v) is 4.57. The molecule has 2 aromatic carbocycles. The van der Waals surface area contributed by atoms with E-state index < -0.39 is 0 Å². The maximum absolute atomic E-state index is 9.91. The largest absolute Gasteiger partial charge is 0.504 e. The molecule has 2 rings (SSSR count). The molecule has 0 atom stereocenters. The summed E-state index contributed by atoms with van der Waals surface area (Å²) in [6, 6.07) is 6.80. The van der Waals surface area contributed by atoms with Gasteiger partial charge in [-0.15, -0.1) is 6.42 Å². The molecule has 0 radical (unpaired) electrons. The number of phenolic OH excluding ortho intramolecular Hbond substituents is 1. The van der Waals surface area contributed by atoms with Gasteiger partial charge in [0.1, 0.15) is 0 Å². The molecule has 0 bridgehead atoms. The Morgan fingerprint density at radius 1 is 0.783 bits per heavy atom. The highest BCUT2D eigenvalue weighted by molar-refractivity contribution is 5.83. The number of terminal acetylenes is 1. The normalized spacial score (nSPS) is 9.87. The Labute approximate surface area is 135 Å². The zero-order valence-electron chi connectivity index (χ0n) is 13.5. The molecule has 0 saturated heterocycles. The quantitative estimate of drug-likeness (QED) is 0.860. The van der Waals surface area contributed by atoms with E-state index >= 15 is 0 Å². The van der Waals surface area contributed by atoms with Crippen molar-refractivity contribution in [2.24, 2.45) is 0 Å². The zero-order valence-corrected chi connectivity index (χ0v) is 13.5. The van der Waals surface area contributed by atoms with Gasteiger partial charge in [0.25, 0.3) is 0 Å². The van der Waals surface area contributed by atoms with Gasteiger partial charge in [-0.25, -0.2) is 0 Å². The van der Waals surface area contributed by atoms with Gasteiger partial charge in [0.15, 0.2) is 23.0 Å². The first kappa shape index (κ1) is 16.4. The summed E-state index contributed by atoms with van der Waals surface area (Å²) in [6.07, 6.45) is 5.61. The standard InChI is InChI=1S/C18H18O5/c1-6-11-12(7-9-14(19)16(11)21-3)13-8-10-15(20-2)18(23-5)17(13)22-4/h1,7-10,19H,2-5H3. The highest BCUT2D eigenvalue weighted by Crippen LogP contribution is 2.47. The molecule has 2 aromatic rings.